The van der Waals surface area contributed by atoms with E-state index in [1.807, 2.05) is 23.1 Å². The summed E-state index contributed by atoms with van der Waals surface area (Å²) >= 11 is 0. The third kappa shape index (κ3) is 4.32. The average molecular weight is 339 g/mol. The van der Waals surface area contributed by atoms with Gasteiger partial charge in [0, 0.05) is 19.6 Å². The zero-order valence-corrected chi connectivity index (χ0v) is 14.7. The number of carbonyl (C=O) groups is 1. The molecule has 6 nitrogen and oxygen atoms in total. The average Bonchev–Trinajstić information content (AvgIpc) is 3.01. The van der Waals surface area contributed by atoms with Gasteiger partial charge in [0.25, 0.3) is 0 Å². The van der Waals surface area contributed by atoms with Gasteiger partial charge in [-0.2, -0.15) is 0 Å². The number of nitrogens with zero attached hydrogens (tertiary/aromatic N) is 5. The molecule has 1 aliphatic heterocycles. The Morgan fingerprint density at radius 3 is 2.96 bits per heavy atom. The first-order chi connectivity index (χ1) is 12.3. The molecule has 0 bridgehead atoms. The van der Waals surface area contributed by atoms with Gasteiger partial charge in [-0.3, -0.25) is 4.79 Å². The third-order valence-electron chi connectivity index (χ3n) is 4.52. The Balaban J connectivity index is 1.72. The Labute approximate surface area is 148 Å². The van der Waals surface area contributed by atoms with Crippen molar-refractivity contribution in [1.29, 1.82) is 0 Å². The Bertz CT molecular complexity index is 710. The number of aryl methyl sites for hydroxylation is 1. The van der Waals surface area contributed by atoms with Gasteiger partial charge in [0.15, 0.2) is 5.82 Å². The molecule has 0 spiro atoms. The highest BCUT2D eigenvalue weighted by atomic mass is 16.2. The van der Waals surface area contributed by atoms with Gasteiger partial charge in [-0.05, 0) is 35.3 Å². The van der Waals surface area contributed by atoms with E-state index in [4.69, 9.17) is 0 Å². The number of hydrogen-bond acceptors (Lipinski definition) is 4. The van der Waals surface area contributed by atoms with E-state index in [2.05, 4.69) is 46.7 Å². The molecule has 1 atom stereocenters. The fraction of sp³-hybridized carbons (Fsp3) is 0.474. The lowest BCUT2D eigenvalue weighted by Gasteiger charge is -2.25. The third-order valence-corrected chi connectivity index (χ3v) is 4.52. The molecule has 1 aliphatic rings. The lowest BCUT2D eigenvalue weighted by atomic mass is 10.0. The number of aromatic nitrogens is 4. The summed E-state index contributed by atoms with van der Waals surface area (Å²) in [6, 6.07) is 10.1. The van der Waals surface area contributed by atoms with Crippen LogP contribution < -0.4 is 0 Å². The number of amides is 1. The second-order valence-electron chi connectivity index (χ2n) is 6.41. The van der Waals surface area contributed by atoms with Crippen molar-refractivity contribution >= 4 is 12.0 Å². The zero-order chi connectivity index (χ0) is 17.5. The normalized spacial score (nSPS) is 17.2. The Morgan fingerprint density at radius 1 is 1.32 bits per heavy atom. The molecule has 0 N–H and O–H groups in total. The summed E-state index contributed by atoms with van der Waals surface area (Å²) in [5.41, 5.74) is 1.14. The predicted octanol–water partition coefficient (Wildman–Crippen LogP) is 2.89. The number of benzene rings is 1. The molecule has 0 saturated carbocycles. The molecule has 6 heteroatoms. The molecule has 0 fully saturated rings. The van der Waals surface area contributed by atoms with E-state index >= 15 is 0 Å². The van der Waals surface area contributed by atoms with Crippen molar-refractivity contribution in [3.8, 4) is 0 Å². The largest absolute Gasteiger partial charge is 0.338 e. The van der Waals surface area contributed by atoms with E-state index in [-0.39, 0.29) is 11.8 Å². The van der Waals surface area contributed by atoms with E-state index < -0.39 is 0 Å². The molecule has 0 radical (unpaired) electrons. The number of rotatable bonds is 6. The lowest BCUT2D eigenvalue weighted by Crippen LogP contribution is -2.36. The van der Waals surface area contributed by atoms with Crippen LogP contribution in [0.2, 0.25) is 0 Å². The summed E-state index contributed by atoms with van der Waals surface area (Å²) in [5.74, 6) is 0.627. The van der Waals surface area contributed by atoms with Crippen molar-refractivity contribution in [2.45, 2.75) is 45.1 Å². The monoisotopic (exact) mass is 339 g/mol. The number of tetrazole rings is 1. The zero-order valence-electron chi connectivity index (χ0n) is 14.7. The highest BCUT2D eigenvalue weighted by Crippen LogP contribution is 2.26. The molecular formula is C19H25N5O. The van der Waals surface area contributed by atoms with E-state index in [0.717, 1.165) is 50.2 Å². The van der Waals surface area contributed by atoms with Crippen molar-refractivity contribution in [2.24, 2.45) is 0 Å². The summed E-state index contributed by atoms with van der Waals surface area (Å²) in [6.07, 6.45) is 7.91. The summed E-state index contributed by atoms with van der Waals surface area (Å²) < 4.78 is 1.79. The van der Waals surface area contributed by atoms with Crippen molar-refractivity contribution in [3.05, 3.63) is 47.8 Å². The first kappa shape index (κ1) is 17.3. The molecule has 2 aromatic rings. The first-order valence-corrected chi connectivity index (χ1v) is 9.06. The van der Waals surface area contributed by atoms with Gasteiger partial charge in [-0.15, -0.1) is 5.10 Å². The maximum absolute atomic E-state index is 13.1. The van der Waals surface area contributed by atoms with Crippen LogP contribution in [0.25, 0.3) is 6.08 Å². The lowest BCUT2D eigenvalue weighted by molar-refractivity contribution is -0.132. The van der Waals surface area contributed by atoms with Gasteiger partial charge in [-0.1, -0.05) is 55.8 Å². The van der Waals surface area contributed by atoms with Crippen LogP contribution in [0, 0.1) is 0 Å². The minimum absolute atomic E-state index is 0.137. The van der Waals surface area contributed by atoms with E-state index in [0.29, 0.717) is 6.54 Å². The molecule has 132 valence electrons. The number of carbonyl (C=O) groups excluding carboxylic acids is 1. The number of hydrogen-bond donors (Lipinski definition) is 0. The Kier molecular flexibility index (Phi) is 5.93. The molecule has 1 aromatic heterocycles. The highest BCUT2D eigenvalue weighted by Gasteiger charge is 2.31. The smallest absolute Gasteiger partial charge is 0.233 e. The fourth-order valence-electron chi connectivity index (χ4n) is 3.26. The molecular weight excluding hydrogens is 314 g/mol. The number of fused-ring (bicyclic) bond motifs is 1. The molecule has 1 aromatic carbocycles. The second kappa shape index (κ2) is 8.55. The fourth-order valence-corrected chi connectivity index (χ4v) is 3.26. The van der Waals surface area contributed by atoms with Crippen molar-refractivity contribution in [1.82, 2.24) is 25.1 Å². The summed E-state index contributed by atoms with van der Waals surface area (Å²) in [7, 11) is 0. The predicted molar refractivity (Wildman–Crippen MR) is 96.8 cm³/mol. The Hall–Kier alpha value is -2.50. The van der Waals surface area contributed by atoms with Crippen LogP contribution in [0.4, 0.5) is 0 Å². The Morgan fingerprint density at radius 2 is 2.16 bits per heavy atom. The van der Waals surface area contributed by atoms with E-state index in [1.54, 1.807) is 4.68 Å². The van der Waals surface area contributed by atoms with Gasteiger partial charge in [-0.25, -0.2) is 4.68 Å². The van der Waals surface area contributed by atoms with Crippen LogP contribution in [-0.2, 0) is 11.3 Å². The van der Waals surface area contributed by atoms with E-state index in [1.165, 1.54) is 0 Å². The molecule has 1 unspecified atom stereocenters. The quantitative estimate of drug-likeness (QED) is 0.812. The molecule has 2 heterocycles. The minimum atomic E-state index is -0.228. The van der Waals surface area contributed by atoms with Crippen molar-refractivity contribution in [2.75, 3.05) is 13.1 Å². The van der Waals surface area contributed by atoms with Gasteiger partial charge in [0.05, 0.1) is 5.92 Å². The molecule has 3 rings (SSSR count). The van der Waals surface area contributed by atoms with Crippen molar-refractivity contribution < 1.29 is 4.79 Å². The van der Waals surface area contributed by atoms with E-state index in [9.17, 15) is 4.79 Å². The highest BCUT2D eigenvalue weighted by molar-refractivity contribution is 5.83. The van der Waals surface area contributed by atoms with Gasteiger partial charge in [0.1, 0.15) is 0 Å². The van der Waals surface area contributed by atoms with Gasteiger partial charge >= 0.3 is 0 Å². The summed E-state index contributed by atoms with van der Waals surface area (Å²) in [6.45, 7) is 4.25. The van der Waals surface area contributed by atoms with Crippen LogP contribution in [-0.4, -0.2) is 44.1 Å². The summed E-state index contributed by atoms with van der Waals surface area (Å²) in [5, 5.41) is 11.9. The standard InChI is InChI=1S/C19H25N5O/c1-2-13-23(14-8-11-16-9-4-3-5-10-16)19(25)17-12-6-7-15-24-18(17)20-21-22-24/h3-5,8-11,17H,2,6-7,12-15H2,1H3. The molecule has 1 amide bonds. The van der Waals surface area contributed by atoms with Crippen LogP contribution in [0.3, 0.4) is 0 Å². The minimum Gasteiger partial charge on any atom is -0.338 e. The first-order valence-electron chi connectivity index (χ1n) is 9.06. The van der Waals surface area contributed by atoms with Crippen LogP contribution in [0.1, 0.15) is 49.9 Å². The van der Waals surface area contributed by atoms with Gasteiger partial charge < -0.3 is 4.90 Å². The maximum atomic E-state index is 13.1. The topological polar surface area (TPSA) is 63.9 Å². The van der Waals surface area contributed by atoms with Crippen LogP contribution >= 0.6 is 0 Å². The second-order valence-corrected chi connectivity index (χ2v) is 6.41. The molecule has 25 heavy (non-hydrogen) atoms. The summed E-state index contributed by atoms with van der Waals surface area (Å²) in [4.78, 5) is 15.1. The SMILES string of the molecule is CCCN(CC=Cc1ccccc1)C(=O)C1CCCCn2nnnc21. The van der Waals surface area contributed by atoms with Crippen LogP contribution in [0.15, 0.2) is 36.4 Å². The van der Waals surface area contributed by atoms with Gasteiger partial charge in [0.2, 0.25) is 5.91 Å². The molecule has 0 aliphatic carbocycles. The maximum Gasteiger partial charge on any atom is 0.233 e. The van der Waals surface area contributed by atoms with Crippen molar-refractivity contribution in [3.63, 3.8) is 0 Å². The van der Waals surface area contributed by atoms with Crippen LogP contribution in [0.5, 0.6) is 0 Å². The molecule has 0 saturated heterocycles.